The van der Waals surface area contributed by atoms with Gasteiger partial charge in [0.2, 0.25) is 21.8 Å². The van der Waals surface area contributed by atoms with E-state index in [9.17, 15) is 18.0 Å². The van der Waals surface area contributed by atoms with Crippen LogP contribution < -0.4 is 15.4 Å². The number of nitrogens with one attached hydrogen (secondary N) is 3. The Morgan fingerprint density at radius 3 is 2.33 bits per heavy atom. The van der Waals surface area contributed by atoms with Gasteiger partial charge in [-0.1, -0.05) is 27.5 Å². The molecule has 0 saturated heterocycles. The fourth-order valence-electron chi connectivity index (χ4n) is 2.10. The molecule has 0 heterocycles. The third-order valence-corrected chi connectivity index (χ3v) is 5.65. The van der Waals surface area contributed by atoms with Gasteiger partial charge in [-0.2, -0.15) is 0 Å². The van der Waals surface area contributed by atoms with Crippen LogP contribution in [0, 0.1) is 0 Å². The molecule has 0 atom stereocenters. The van der Waals surface area contributed by atoms with Gasteiger partial charge in [0.05, 0.1) is 15.6 Å². The molecule has 0 saturated carbocycles. The van der Waals surface area contributed by atoms with E-state index in [4.69, 9.17) is 11.6 Å². The number of sulfonamides is 1. The maximum atomic E-state index is 12.1. The minimum Gasteiger partial charge on any atom is -0.326 e. The van der Waals surface area contributed by atoms with Gasteiger partial charge in [-0.05, 0) is 42.5 Å². The lowest BCUT2D eigenvalue weighted by molar-refractivity contribution is -0.116. The van der Waals surface area contributed by atoms with E-state index in [2.05, 4.69) is 31.3 Å². The second-order valence-electron chi connectivity index (χ2n) is 5.53. The number of anilines is 2. The van der Waals surface area contributed by atoms with E-state index >= 15 is 0 Å². The highest BCUT2D eigenvalue weighted by Crippen LogP contribution is 2.25. The number of hydrogen-bond donors (Lipinski definition) is 3. The molecule has 2 aromatic rings. The van der Waals surface area contributed by atoms with Crippen molar-refractivity contribution in [2.75, 3.05) is 17.2 Å². The lowest BCUT2D eigenvalue weighted by Crippen LogP contribution is -2.27. The summed E-state index contributed by atoms with van der Waals surface area (Å²) in [4.78, 5) is 23.2. The molecule has 0 unspecified atom stereocenters. The minimum absolute atomic E-state index is 0.0536. The van der Waals surface area contributed by atoms with Gasteiger partial charge in [0, 0.05) is 30.0 Å². The maximum Gasteiger partial charge on any atom is 0.240 e. The third kappa shape index (κ3) is 6.62. The van der Waals surface area contributed by atoms with Crippen molar-refractivity contribution in [1.29, 1.82) is 0 Å². The van der Waals surface area contributed by atoms with Crippen LogP contribution in [0.15, 0.2) is 51.8 Å². The first-order valence-electron chi connectivity index (χ1n) is 7.79. The van der Waals surface area contributed by atoms with Gasteiger partial charge in [-0.15, -0.1) is 0 Å². The predicted molar refractivity (Wildman–Crippen MR) is 108 cm³/mol. The highest BCUT2D eigenvalue weighted by Gasteiger charge is 2.14. The quantitative estimate of drug-likeness (QED) is 0.572. The zero-order chi connectivity index (χ0) is 20.0. The first kappa shape index (κ1) is 21.4. The highest BCUT2D eigenvalue weighted by molar-refractivity contribution is 9.10. The summed E-state index contributed by atoms with van der Waals surface area (Å²) in [5.41, 5.74) is 0.874. The Morgan fingerprint density at radius 2 is 1.74 bits per heavy atom. The van der Waals surface area contributed by atoms with Crippen molar-refractivity contribution < 1.29 is 18.0 Å². The molecule has 27 heavy (non-hydrogen) atoms. The number of amides is 2. The largest absolute Gasteiger partial charge is 0.326 e. The van der Waals surface area contributed by atoms with Crippen molar-refractivity contribution in [3.63, 3.8) is 0 Å². The average Bonchev–Trinajstić information content (AvgIpc) is 2.57. The zero-order valence-corrected chi connectivity index (χ0v) is 17.4. The Morgan fingerprint density at radius 1 is 1.07 bits per heavy atom. The van der Waals surface area contributed by atoms with Gasteiger partial charge in [0.25, 0.3) is 0 Å². The van der Waals surface area contributed by atoms with Crippen LogP contribution in [0.5, 0.6) is 0 Å². The molecule has 2 rings (SSSR count). The second-order valence-corrected chi connectivity index (χ2v) is 8.62. The van der Waals surface area contributed by atoms with E-state index in [1.165, 1.54) is 25.1 Å². The Kier molecular flexibility index (Phi) is 7.37. The van der Waals surface area contributed by atoms with Crippen LogP contribution in [0.1, 0.15) is 13.3 Å². The Balaban J connectivity index is 1.88. The minimum atomic E-state index is -3.68. The number of carbonyl (C=O) groups is 2. The van der Waals surface area contributed by atoms with Crippen LogP contribution >= 0.6 is 27.5 Å². The van der Waals surface area contributed by atoms with E-state index in [-0.39, 0.29) is 34.7 Å². The summed E-state index contributed by atoms with van der Waals surface area (Å²) in [5.74, 6) is -0.636. The van der Waals surface area contributed by atoms with Crippen LogP contribution in [-0.2, 0) is 19.6 Å². The summed E-state index contributed by atoms with van der Waals surface area (Å²) in [6.45, 7) is 1.31. The Hall–Kier alpha value is -1.94. The molecule has 0 fully saturated rings. The molecule has 3 N–H and O–H groups in total. The maximum absolute atomic E-state index is 12.1. The van der Waals surface area contributed by atoms with Gasteiger partial charge in [0.15, 0.2) is 0 Å². The summed E-state index contributed by atoms with van der Waals surface area (Å²) < 4.78 is 27.4. The summed E-state index contributed by atoms with van der Waals surface area (Å²) in [6, 6.07) is 10.8. The van der Waals surface area contributed by atoms with E-state index in [0.717, 1.165) is 4.47 Å². The number of rotatable bonds is 7. The van der Waals surface area contributed by atoms with Gasteiger partial charge >= 0.3 is 0 Å². The fraction of sp³-hybridized carbons (Fsp3) is 0.176. The monoisotopic (exact) mass is 473 g/mol. The van der Waals surface area contributed by atoms with Crippen molar-refractivity contribution in [3.8, 4) is 0 Å². The molecule has 0 aliphatic heterocycles. The lowest BCUT2D eigenvalue weighted by Gasteiger charge is -2.10. The van der Waals surface area contributed by atoms with Crippen molar-refractivity contribution in [2.24, 2.45) is 0 Å². The first-order chi connectivity index (χ1) is 12.7. The number of benzene rings is 2. The van der Waals surface area contributed by atoms with Crippen molar-refractivity contribution >= 4 is 60.7 Å². The van der Waals surface area contributed by atoms with Crippen LogP contribution in [0.25, 0.3) is 0 Å². The average molecular weight is 475 g/mol. The standard InChI is InChI=1S/C17H17BrClN3O4S/c1-11(23)21-16-7-4-13(10-15(16)19)22-17(24)8-9-20-27(25,26)14-5-2-12(18)3-6-14/h2-7,10,20H,8-9H2,1H3,(H,21,23)(H,22,24). The summed E-state index contributed by atoms with van der Waals surface area (Å²) in [5, 5.41) is 5.46. The molecule has 144 valence electrons. The SMILES string of the molecule is CC(=O)Nc1ccc(NC(=O)CCNS(=O)(=O)c2ccc(Br)cc2)cc1Cl. The molecule has 0 aliphatic rings. The molecule has 0 aromatic heterocycles. The van der Waals surface area contributed by atoms with Crippen molar-refractivity contribution in [2.45, 2.75) is 18.2 Å². The van der Waals surface area contributed by atoms with E-state index in [1.54, 1.807) is 24.3 Å². The first-order valence-corrected chi connectivity index (χ1v) is 10.4. The molecular weight excluding hydrogens is 458 g/mol. The molecule has 10 heteroatoms. The fourth-order valence-corrected chi connectivity index (χ4v) is 3.63. The van der Waals surface area contributed by atoms with Crippen LogP contribution in [0.4, 0.5) is 11.4 Å². The molecule has 2 amide bonds. The van der Waals surface area contributed by atoms with Crippen LogP contribution in [0.3, 0.4) is 0 Å². The van der Waals surface area contributed by atoms with Crippen LogP contribution in [0.2, 0.25) is 5.02 Å². The van der Waals surface area contributed by atoms with Gasteiger partial charge < -0.3 is 10.6 Å². The summed E-state index contributed by atoms with van der Waals surface area (Å²) >= 11 is 9.28. The van der Waals surface area contributed by atoms with Crippen molar-refractivity contribution in [3.05, 3.63) is 52.0 Å². The number of hydrogen-bond acceptors (Lipinski definition) is 4. The highest BCUT2D eigenvalue weighted by atomic mass is 79.9. The summed E-state index contributed by atoms with van der Waals surface area (Å²) in [6.07, 6.45) is -0.0547. The number of carbonyl (C=O) groups excluding carboxylic acids is 2. The van der Waals surface area contributed by atoms with Gasteiger partial charge in [0.1, 0.15) is 0 Å². The molecule has 2 aromatic carbocycles. The molecule has 0 radical (unpaired) electrons. The Bertz CT molecular complexity index is 949. The van der Waals surface area contributed by atoms with E-state index < -0.39 is 10.0 Å². The number of halogens is 2. The predicted octanol–water partition coefficient (Wildman–Crippen LogP) is 3.37. The molecule has 0 spiro atoms. The smallest absolute Gasteiger partial charge is 0.240 e. The zero-order valence-electron chi connectivity index (χ0n) is 14.3. The van der Waals surface area contributed by atoms with Gasteiger partial charge in [-0.3, -0.25) is 9.59 Å². The Labute approximate surface area is 170 Å². The van der Waals surface area contributed by atoms with E-state index in [0.29, 0.717) is 11.4 Å². The molecule has 0 aliphatic carbocycles. The summed E-state index contributed by atoms with van der Waals surface area (Å²) in [7, 11) is -3.68. The molecule has 7 nitrogen and oxygen atoms in total. The topological polar surface area (TPSA) is 104 Å². The van der Waals surface area contributed by atoms with Crippen molar-refractivity contribution in [1.82, 2.24) is 4.72 Å². The third-order valence-electron chi connectivity index (χ3n) is 3.33. The lowest BCUT2D eigenvalue weighted by atomic mass is 10.2. The van der Waals surface area contributed by atoms with Gasteiger partial charge in [-0.25, -0.2) is 13.1 Å². The second kappa shape index (κ2) is 9.32. The van der Waals surface area contributed by atoms with Crippen LogP contribution in [-0.4, -0.2) is 26.8 Å². The molecular formula is C17H17BrClN3O4S. The normalized spacial score (nSPS) is 11.1. The van der Waals surface area contributed by atoms with E-state index in [1.807, 2.05) is 0 Å². The molecule has 0 bridgehead atoms.